The quantitative estimate of drug-likeness (QED) is 0.657. The van der Waals surface area contributed by atoms with E-state index in [1.165, 1.54) is 52.4 Å². The number of hydrogen-bond acceptors (Lipinski definition) is 4. The number of nitrogens with one attached hydrogen (secondary N) is 1. The van der Waals surface area contributed by atoms with E-state index >= 15 is 0 Å². The Labute approximate surface area is 93.2 Å². The third kappa shape index (κ3) is 3.14. The second kappa shape index (κ2) is 5.25. The highest BCUT2D eigenvalue weighted by molar-refractivity contribution is 4.87. The third-order valence-electron chi connectivity index (χ3n) is 3.51. The van der Waals surface area contributed by atoms with Gasteiger partial charge in [-0.15, -0.1) is 0 Å². The summed E-state index contributed by atoms with van der Waals surface area (Å²) in [6, 6.07) is 0.759. The number of fused-ring (bicyclic) bond motifs is 1. The molecule has 0 aliphatic carbocycles. The Morgan fingerprint density at radius 3 is 2.93 bits per heavy atom. The van der Waals surface area contributed by atoms with E-state index in [1.807, 2.05) is 0 Å². The summed E-state index contributed by atoms with van der Waals surface area (Å²) in [6.45, 7) is 9.77. The van der Waals surface area contributed by atoms with E-state index in [9.17, 15) is 0 Å². The second-order valence-corrected chi connectivity index (χ2v) is 5.00. The minimum Gasteiger partial charge on any atom is -0.314 e. The van der Waals surface area contributed by atoms with Gasteiger partial charge in [0.1, 0.15) is 0 Å². The molecule has 15 heavy (non-hydrogen) atoms. The van der Waals surface area contributed by atoms with Crippen molar-refractivity contribution in [1.82, 2.24) is 20.0 Å². The summed E-state index contributed by atoms with van der Waals surface area (Å²) in [7, 11) is 4.30. The summed E-state index contributed by atoms with van der Waals surface area (Å²) in [5.74, 6) is 0. The van der Waals surface area contributed by atoms with Crippen molar-refractivity contribution in [3.63, 3.8) is 0 Å². The molecule has 4 nitrogen and oxygen atoms in total. The van der Waals surface area contributed by atoms with Crippen molar-refractivity contribution >= 4 is 0 Å². The molecule has 0 saturated carbocycles. The summed E-state index contributed by atoms with van der Waals surface area (Å²) in [4.78, 5) is 7.52. The summed E-state index contributed by atoms with van der Waals surface area (Å²) in [5.41, 5.74) is 0. The van der Waals surface area contributed by atoms with E-state index in [4.69, 9.17) is 0 Å². The molecular weight excluding hydrogens is 188 g/mol. The number of hydrogen-bond donors (Lipinski definition) is 1. The smallest absolute Gasteiger partial charge is 0.0349 e. The first kappa shape index (κ1) is 11.3. The van der Waals surface area contributed by atoms with E-state index in [1.54, 1.807) is 0 Å². The Balaban J connectivity index is 1.75. The van der Waals surface area contributed by atoms with Crippen LogP contribution in [0.2, 0.25) is 0 Å². The molecule has 0 bridgehead atoms. The molecule has 2 heterocycles. The maximum absolute atomic E-state index is 3.49. The Morgan fingerprint density at radius 1 is 1.27 bits per heavy atom. The van der Waals surface area contributed by atoms with Crippen LogP contribution < -0.4 is 5.32 Å². The SMILES string of the molecule is CN(C)CCN1CCN2CCNCC2C1. The first-order valence-corrected chi connectivity index (χ1v) is 6.07. The Bertz CT molecular complexity index is 195. The lowest BCUT2D eigenvalue weighted by Gasteiger charge is -2.44. The van der Waals surface area contributed by atoms with Crippen LogP contribution in [0.5, 0.6) is 0 Å². The lowest BCUT2D eigenvalue weighted by Crippen LogP contribution is -2.61. The van der Waals surface area contributed by atoms with Crippen LogP contribution in [0.1, 0.15) is 0 Å². The van der Waals surface area contributed by atoms with Crippen molar-refractivity contribution in [1.29, 1.82) is 0 Å². The van der Waals surface area contributed by atoms with Crippen molar-refractivity contribution in [3.05, 3.63) is 0 Å². The fourth-order valence-electron chi connectivity index (χ4n) is 2.48. The van der Waals surface area contributed by atoms with Crippen LogP contribution in [0.25, 0.3) is 0 Å². The average molecular weight is 212 g/mol. The zero-order valence-electron chi connectivity index (χ0n) is 10.1. The maximum atomic E-state index is 3.49. The molecule has 2 aliphatic heterocycles. The molecule has 2 aliphatic rings. The maximum Gasteiger partial charge on any atom is 0.0349 e. The van der Waals surface area contributed by atoms with E-state index in [0.29, 0.717) is 0 Å². The minimum atomic E-state index is 0.759. The fourth-order valence-corrected chi connectivity index (χ4v) is 2.48. The summed E-state index contributed by atoms with van der Waals surface area (Å²) >= 11 is 0. The molecule has 2 fully saturated rings. The summed E-state index contributed by atoms with van der Waals surface area (Å²) < 4.78 is 0. The van der Waals surface area contributed by atoms with Crippen molar-refractivity contribution in [3.8, 4) is 0 Å². The van der Waals surface area contributed by atoms with Crippen molar-refractivity contribution in [2.45, 2.75) is 6.04 Å². The second-order valence-electron chi connectivity index (χ2n) is 5.00. The lowest BCUT2D eigenvalue weighted by molar-refractivity contribution is 0.0550. The van der Waals surface area contributed by atoms with Crippen LogP contribution in [0, 0.1) is 0 Å². The van der Waals surface area contributed by atoms with E-state index in [2.05, 4.69) is 34.1 Å². The molecule has 2 rings (SSSR count). The molecule has 4 heteroatoms. The monoisotopic (exact) mass is 212 g/mol. The largest absolute Gasteiger partial charge is 0.314 e. The minimum absolute atomic E-state index is 0.759. The van der Waals surface area contributed by atoms with Crippen molar-refractivity contribution in [2.75, 3.05) is 66.5 Å². The first-order valence-electron chi connectivity index (χ1n) is 6.07. The molecule has 2 saturated heterocycles. The average Bonchev–Trinajstić information content (AvgIpc) is 2.26. The van der Waals surface area contributed by atoms with Crippen LogP contribution in [0.3, 0.4) is 0 Å². The van der Waals surface area contributed by atoms with E-state index in [-0.39, 0.29) is 0 Å². The number of nitrogens with zero attached hydrogens (tertiary/aromatic N) is 3. The Hall–Kier alpha value is -0.160. The summed E-state index contributed by atoms with van der Waals surface area (Å²) in [5, 5.41) is 3.49. The highest BCUT2D eigenvalue weighted by Crippen LogP contribution is 2.10. The molecular formula is C11H24N4. The van der Waals surface area contributed by atoms with Gasteiger partial charge in [-0.05, 0) is 14.1 Å². The highest BCUT2D eigenvalue weighted by Gasteiger charge is 2.28. The van der Waals surface area contributed by atoms with Gasteiger partial charge in [0, 0.05) is 58.4 Å². The first-order chi connectivity index (χ1) is 7.25. The summed E-state index contributed by atoms with van der Waals surface area (Å²) in [6.07, 6.45) is 0. The predicted molar refractivity (Wildman–Crippen MR) is 63.2 cm³/mol. The van der Waals surface area contributed by atoms with Crippen LogP contribution >= 0.6 is 0 Å². The Kier molecular flexibility index (Phi) is 3.97. The van der Waals surface area contributed by atoms with Gasteiger partial charge in [0.2, 0.25) is 0 Å². The molecule has 0 radical (unpaired) electrons. The van der Waals surface area contributed by atoms with Gasteiger partial charge >= 0.3 is 0 Å². The van der Waals surface area contributed by atoms with E-state index in [0.717, 1.165) is 6.04 Å². The highest BCUT2D eigenvalue weighted by atomic mass is 15.3. The van der Waals surface area contributed by atoms with Gasteiger partial charge < -0.3 is 10.2 Å². The molecule has 1 unspecified atom stereocenters. The van der Waals surface area contributed by atoms with Gasteiger partial charge in [0.05, 0.1) is 0 Å². The zero-order chi connectivity index (χ0) is 10.7. The van der Waals surface area contributed by atoms with Gasteiger partial charge in [-0.1, -0.05) is 0 Å². The topological polar surface area (TPSA) is 21.8 Å². The van der Waals surface area contributed by atoms with Crippen LogP contribution in [-0.4, -0.2) is 87.2 Å². The standard InChI is InChI=1S/C11H24N4/c1-13(2)5-6-14-7-8-15-4-3-12-9-11(15)10-14/h11-12H,3-10H2,1-2H3. The molecule has 1 N–H and O–H groups in total. The third-order valence-corrected chi connectivity index (χ3v) is 3.51. The lowest BCUT2D eigenvalue weighted by atomic mass is 10.1. The van der Waals surface area contributed by atoms with Crippen LogP contribution in [0.4, 0.5) is 0 Å². The van der Waals surface area contributed by atoms with Crippen molar-refractivity contribution in [2.24, 2.45) is 0 Å². The number of likely N-dealkylation sites (N-methyl/N-ethyl adjacent to an activating group) is 1. The molecule has 0 amide bonds. The molecule has 0 spiro atoms. The normalized spacial score (nSPS) is 29.4. The van der Waals surface area contributed by atoms with Crippen LogP contribution in [-0.2, 0) is 0 Å². The van der Waals surface area contributed by atoms with Gasteiger partial charge in [-0.25, -0.2) is 0 Å². The van der Waals surface area contributed by atoms with E-state index < -0.39 is 0 Å². The van der Waals surface area contributed by atoms with Gasteiger partial charge in [0.15, 0.2) is 0 Å². The molecule has 0 aromatic rings. The fraction of sp³-hybridized carbons (Fsp3) is 1.00. The predicted octanol–water partition coefficient (Wildman–Crippen LogP) is -0.863. The molecule has 1 atom stereocenters. The van der Waals surface area contributed by atoms with Gasteiger partial charge in [-0.3, -0.25) is 9.80 Å². The van der Waals surface area contributed by atoms with Crippen molar-refractivity contribution < 1.29 is 0 Å². The molecule has 0 aromatic heterocycles. The number of piperazine rings is 2. The number of rotatable bonds is 3. The Morgan fingerprint density at radius 2 is 2.13 bits per heavy atom. The molecule has 88 valence electrons. The van der Waals surface area contributed by atoms with Gasteiger partial charge in [0.25, 0.3) is 0 Å². The molecule has 0 aromatic carbocycles. The van der Waals surface area contributed by atoms with Crippen LogP contribution in [0.15, 0.2) is 0 Å². The zero-order valence-corrected chi connectivity index (χ0v) is 10.1. The van der Waals surface area contributed by atoms with Gasteiger partial charge in [-0.2, -0.15) is 0 Å².